The normalized spacial score (nSPS) is 21.2. The maximum Gasteiger partial charge on any atom is 0.222 e. The third-order valence-corrected chi connectivity index (χ3v) is 6.43. The largest absolute Gasteiger partial charge is 0.379 e. The Kier molecular flexibility index (Phi) is 7.28. The molecule has 0 aromatic carbocycles. The number of nitrogens with zero attached hydrogens (tertiary/aromatic N) is 2. The number of ether oxygens (including phenoxy) is 1. The van der Waals surface area contributed by atoms with Gasteiger partial charge in [-0.15, -0.1) is 11.3 Å². The van der Waals surface area contributed by atoms with Gasteiger partial charge in [-0.2, -0.15) is 0 Å². The highest BCUT2D eigenvalue weighted by atomic mass is 32.1. The van der Waals surface area contributed by atoms with Gasteiger partial charge in [0.1, 0.15) is 0 Å². The zero-order valence-electron chi connectivity index (χ0n) is 15.3. The van der Waals surface area contributed by atoms with E-state index in [4.69, 9.17) is 4.74 Å². The second-order valence-electron chi connectivity index (χ2n) is 7.19. The molecule has 1 aromatic heterocycles. The summed E-state index contributed by atoms with van der Waals surface area (Å²) >= 11 is 1.79. The zero-order chi connectivity index (χ0) is 17.5. The Labute approximate surface area is 155 Å². The minimum absolute atomic E-state index is 0.286. The molecule has 140 valence electrons. The number of carbonyl (C=O) groups is 1. The highest BCUT2D eigenvalue weighted by Crippen LogP contribution is 2.27. The molecule has 1 amide bonds. The molecule has 2 fully saturated rings. The van der Waals surface area contributed by atoms with Crippen molar-refractivity contribution in [2.75, 3.05) is 53.0 Å². The maximum absolute atomic E-state index is 12.6. The summed E-state index contributed by atoms with van der Waals surface area (Å²) in [5.74, 6) is 0.999. The molecule has 0 spiro atoms. The van der Waals surface area contributed by atoms with E-state index in [-0.39, 0.29) is 11.9 Å². The molecule has 25 heavy (non-hydrogen) atoms. The monoisotopic (exact) mass is 365 g/mol. The average Bonchev–Trinajstić information content (AvgIpc) is 3.20. The molecule has 1 N–H and O–H groups in total. The van der Waals surface area contributed by atoms with E-state index in [1.807, 2.05) is 11.9 Å². The quantitative estimate of drug-likeness (QED) is 0.806. The number of thiophene rings is 1. The molecule has 0 radical (unpaired) electrons. The summed E-state index contributed by atoms with van der Waals surface area (Å²) < 4.78 is 5.50. The van der Waals surface area contributed by atoms with Crippen LogP contribution >= 0.6 is 11.3 Å². The molecule has 1 aromatic rings. The van der Waals surface area contributed by atoms with Crippen LogP contribution in [0.5, 0.6) is 0 Å². The fraction of sp³-hybridized carbons (Fsp3) is 0.737. The number of hydrogen-bond acceptors (Lipinski definition) is 5. The van der Waals surface area contributed by atoms with Crippen LogP contribution in [0.3, 0.4) is 0 Å². The van der Waals surface area contributed by atoms with Gasteiger partial charge in [-0.05, 0) is 49.7 Å². The number of carbonyl (C=O) groups excluding carboxylic acids is 1. The molecule has 3 rings (SSSR count). The molecule has 1 atom stereocenters. The van der Waals surface area contributed by atoms with E-state index in [1.54, 1.807) is 11.3 Å². The Morgan fingerprint density at radius 2 is 2.16 bits per heavy atom. The number of morpholine rings is 1. The minimum Gasteiger partial charge on any atom is -0.379 e. The van der Waals surface area contributed by atoms with Gasteiger partial charge in [-0.3, -0.25) is 9.69 Å². The first kappa shape index (κ1) is 18.8. The number of amides is 1. The molecule has 2 saturated heterocycles. The molecule has 6 heteroatoms. The van der Waals surface area contributed by atoms with Gasteiger partial charge < -0.3 is 15.0 Å². The molecule has 3 heterocycles. The van der Waals surface area contributed by atoms with Gasteiger partial charge in [0.15, 0.2) is 0 Å². The van der Waals surface area contributed by atoms with E-state index in [9.17, 15) is 4.79 Å². The second kappa shape index (κ2) is 9.67. The van der Waals surface area contributed by atoms with Crippen LogP contribution in [-0.4, -0.2) is 68.7 Å². The smallest absolute Gasteiger partial charge is 0.222 e. The van der Waals surface area contributed by atoms with Gasteiger partial charge in [0.05, 0.1) is 19.3 Å². The highest BCUT2D eigenvalue weighted by Gasteiger charge is 2.26. The van der Waals surface area contributed by atoms with Crippen molar-refractivity contribution in [3.63, 3.8) is 0 Å². The first-order valence-electron chi connectivity index (χ1n) is 9.54. The van der Waals surface area contributed by atoms with Crippen molar-refractivity contribution in [1.82, 2.24) is 15.1 Å². The first-order chi connectivity index (χ1) is 12.2. The number of likely N-dealkylation sites (N-methyl/N-ethyl adjacent to an activating group) is 1. The summed E-state index contributed by atoms with van der Waals surface area (Å²) in [5.41, 5.74) is 0. The summed E-state index contributed by atoms with van der Waals surface area (Å²) in [5, 5.41) is 5.52. The van der Waals surface area contributed by atoms with Crippen LogP contribution < -0.4 is 5.32 Å². The summed E-state index contributed by atoms with van der Waals surface area (Å²) in [6.45, 7) is 6.44. The summed E-state index contributed by atoms with van der Waals surface area (Å²) in [4.78, 5) is 18.4. The van der Waals surface area contributed by atoms with Gasteiger partial charge in [0.2, 0.25) is 5.91 Å². The molecule has 2 aliphatic heterocycles. The Hall–Kier alpha value is -0.950. The van der Waals surface area contributed by atoms with Crippen LogP contribution in [0.2, 0.25) is 0 Å². The minimum atomic E-state index is 0.286. The summed E-state index contributed by atoms with van der Waals surface area (Å²) in [6.07, 6.45) is 4.14. The van der Waals surface area contributed by atoms with Crippen LogP contribution in [0.15, 0.2) is 17.5 Å². The van der Waals surface area contributed by atoms with Crippen molar-refractivity contribution in [2.45, 2.75) is 31.7 Å². The third-order valence-electron chi connectivity index (χ3n) is 5.46. The lowest BCUT2D eigenvalue weighted by Gasteiger charge is -2.36. The van der Waals surface area contributed by atoms with E-state index in [2.05, 4.69) is 27.7 Å². The van der Waals surface area contributed by atoms with E-state index in [0.29, 0.717) is 12.3 Å². The fourth-order valence-electron chi connectivity index (χ4n) is 3.81. The van der Waals surface area contributed by atoms with Crippen molar-refractivity contribution in [1.29, 1.82) is 0 Å². The van der Waals surface area contributed by atoms with Gasteiger partial charge in [0, 0.05) is 38.0 Å². The molecule has 0 saturated carbocycles. The van der Waals surface area contributed by atoms with Crippen molar-refractivity contribution >= 4 is 17.2 Å². The fourth-order valence-corrected chi connectivity index (χ4v) is 4.66. The van der Waals surface area contributed by atoms with Crippen molar-refractivity contribution < 1.29 is 9.53 Å². The van der Waals surface area contributed by atoms with E-state index in [1.165, 1.54) is 17.7 Å². The van der Waals surface area contributed by atoms with E-state index >= 15 is 0 Å². The van der Waals surface area contributed by atoms with E-state index < -0.39 is 0 Å². The van der Waals surface area contributed by atoms with Crippen LogP contribution in [-0.2, 0) is 9.53 Å². The van der Waals surface area contributed by atoms with Crippen molar-refractivity contribution in [3.05, 3.63) is 22.4 Å². The lowest BCUT2D eigenvalue weighted by Crippen LogP contribution is -2.44. The lowest BCUT2D eigenvalue weighted by molar-refractivity contribution is -0.131. The first-order valence-corrected chi connectivity index (χ1v) is 10.4. The molecule has 0 aliphatic carbocycles. The molecule has 0 bridgehead atoms. The second-order valence-corrected chi connectivity index (χ2v) is 8.17. The number of piperidine rings is 1. The van der Waals surface area contributed by atoms with Crippen LogP contribution in [0.4, 0.5) is 0 Å². The standard InChI is InChI=1S/C19H31N3O2S/c1-21(19(23)5-4-16-6-8-20-9-7-16)15-17(18-3-2-14-25-18)22-10-12-24-13-11-22/h2-3,14,16-17,20H,4-13,15H2,1H3. The average molecular weight is 366 g/mol. The zero-order valence-corrected chi connectivity index (χ0v) is 16.1. The molecule has 5 nitrogen and oxygen atoms in total. The molecular weight excluding hydrogens is 334 g/mol. The molecule has 2 aliphatic rings. The third kappa shape index (κ3) is 5.51. The van der Waals surface area contributed by atoms with Gasteiger partial charge in [0.25, 0.3) is 0 Å². The number of rotatable bonds is 7. The summed E-state index contributed by atoms with van der Waals surface area (Å²) in [7, 11) is 1.96. The van der Waals surface area contributed by atoms with Crippen molar-refractivity contribution in [2.24, 2.45) is 5.92 Å². The lowest BCUT2D eigenvalue weighted by atomic mass is 9.93. The van der Waals surface area contributed by atoms with E-state index in [0.717, 1.165) is 52.4 Å². The predicted octanol–water partition coefficient (Wildman–Crippen LogP) is 2.36. The van der Waals surface area contributed by atoms with Crippen molar-refractivity contribution in [3.8, 4) is 0 Å². The topological polar surface area (TPSA) is 44.8 Å². The molecule has 1 unspecified atom stereocenters. The predicted molar refractivity (Wildman–Crippen MR) is 102 cm³/mol. The van der Waals surface area contributed by atoms with Crippen LogP contribution in [0, 0.1) is 5.92 Å². The number of nitrogens with one attached hydrogen (secondary N) is 1. The Morgan fingerprint density at radius 1 is 1.40 bits per heavy atom. The van der Waals surface area contributed by atoms with Gasteiger partial charge in [-0.1, -0.05) is 6.07 Å². The Morgan fingerprint density at radius 3 is 2.84 bits per heavy atom. The Balaban J connectivity index is 1.53. The highest BCUT2D eigenvalue weighted by molar-refractivity contribution is 7.10. The molecular formula is C19H31N3O2S. The van der Waals surface area contributed by atoms with Gasteiger partial charge in [-0.25, -0.2) is 0 Å². The van der Waals surface area contributed by atoms with Gasteiger partial charge >= 0.3 is 0 Å². The number of hydrogen-bond donors (Lipinski definition) is 1. The maximum atomic E-state index is 12.6. The van der Waals surface area contributed by atoms with Crippen LogP contribution in [0.25, 0.3) is 0 Å². The summed E-state index contributed by atoms with van der Waals surface area (Å²) in [6, 6.07) is 4.58. The van der Waals surface area contributed by atoms with Crippen LogP contribution in [0.1, 0.15) is 36.6 Å². The SMILES string of the molecule is CN(CC(c1cccs1)N1CCOCC1)C(=O)CCC1CCNCC1. The Bertz CT molecular complexity index is 511.